The van der Waals surface area contributed by atoms with Crippen molar-refractivity contribution < 1.29 is 9.53 Å². The van der Waals surface area contributed by atoms with Crippen molar-refractivity contribution in [1.82, 2.24) is 0 Å². The van der Waals surface area contributed by atoms with Crippen LogP contribution < -0.4 is 10.1 Å². The van der Waals surface area contributed by atoms with Gasteiger partial charge >= 0.3 is 0 Å². The first-order valence-electron chi connectivity index (χ1n) is 8.12. The molecule has 0 unspecified atom stereocenters. The topological polar surface area (TPSA) is 38.3 Å². The van der Waals surface area contributed by atoms with E-state index in [0.717, 1.165) is 17.0 Å². The summed E-state index contributed by atoms with van der Waals surface area (Å²) in [5, 5.41) is 3.01. The third-order valence-corrected chi connectivity index (χ3v) is 4.36. The van der Waals surface area contributed by atoms with E-state index in [4.69, 9.17) is 4.74 Å². The molecular weight excluding hydrogens is 286 g/mol. The lowest BCUT2D eigenvalue weighted by Gasteiger charge is -2.28. The first-order valence-corrected chi connectivity index (χ1v) is 8.12. The molecule has 1 aliphatic heterocycles. The van der Waals surface area contributed by atoms with Crippen LogP contribution in [-0.2, 0) is 4.79 Å². The quantitative estimate of drug-likeness (QED) is 0.902. The smallest absolute Gasteiger partial charge is 0.225 e. The number of aryl methyl sites for hydroxylation is 2. The van der Waals surface area contributed by atoms with Crippen LogP contribution in [0.25, 0.3) is 0 Å². The molecule has 0 fully saturated rings. The molecule has 0 aromatic heterocycles. The van der Waals surface area contributed by atoms with Crippen molar-refractivity contribution >= 4 is 11.6 Å². The Morgan fingerprint density at radius 3 is 2.52 bits per heavy atom. The number of hydrogen-bond donors (Lipinski definition) is 1. The third-order valence-electron chi connectivity index (χ3n) is 4.36. The summed E-state index contributed by atoms with van der Waals surface area (Å²) in [6.45, 7) is 8.22. The maximum atomic E-state index is 12.2. The molecule has 0 aliphatic carbocycles. The number of fused-ring (bicyclic) bond motifs is 1. The average molecular weight is 309 g/mol. The van der Waals surface area contributed by atoms with Crippen molar-refractivity contribution in [3.05, 3.63) is 58.7 Å². The number of carbonyl (C=O) groups is 1. The van der Waals surface area contributed by atoms with Gasteiger partial charge in [-0.1, -0.05) is 24.3 Å². The SMILES string of the molecule is Cc1cc2c(cc1C)[C@H](c1ccccc1OC(C)C)CC(=O)N2. The normalized spacial score (nSPS) is 16.9. The second kappa shape index (κ2) is 6.07. The van der Waals surface area contributed by atoms with Gasteiger partial charge < -0.3 is 10.1 Å². The fourth-order valence-corrected chi connectivity index (χ4v) is 3.14. The highest BCUT2D eigenvalue weighted by atomic mass is 16.5. The van der Waals surface area contributed by atoms with Gasteiger partial charge in [-0.05, 0) is 56.5 Å². The summed E-state index contributed by atoms with van der Waals surface area (Å²) >= 11 is 0. The zero-order valence-electron chi connectivity index (χ0n) is 14.1. The van der Waals surface area contributed by atoms with Gasteiger partial charge in [-0.25, -0.2) is 0 Å². The third kappa shape index (κ3) is 3.09. The van der Waals surface area contributed by atoms with Crippen LogP contribution in [0.3, 0.4) is 0 Å². The van der Waals surface area contributed by atoms with Crippen molar-refractivity contribution in [2.75, 3.05) is 5.32 Å². The predicted molar refractivity (Wildman–Crippen MR) is 93.2 cm³/mol. The summed E-state index contributed by atoms with van der Waals surface area (Å²) in [7, 11) is 0. The molecule has 0 radical (unpaired) electrons. The number of amides is 1. The molecule has 1 N–H and O–H groups in total. The molecule has 3 heteroatoms. The van der Waals surface area contributed by atoms with E-state index in [1.54, 1.807) is 0 Å². The van der Waals surface area contributed by atoms with Gasteiger partial charge in [0, 0.05) is 23.6 Å². The molecule has 120 valence electrons. The molecule has 0 spiro atoms. The van der Waals surface area contributed by atoms with E-state index < -0.39 is 0 Å². The number of carbonyl (C=O) groups excluding carboxylic acids is 1. The molecule has 2 aromatic carbocycles. The summed E-state index contributed by atoms with van der Waals surface area (Å²) in [5.41, 5.74) is 5.62. The van der Waals surface area contributed by atoms with E-state index in [0.29, 0.717) is 6.42 Å². The molecule has 1 heterocycles. The van der Waals surface area contributed by atoms with Crippen LogP contribution in [0.5, 0.6) is 5.75 Å². The highest BCUT2D eigenvalue weighted by Crippen LogP contribution is 2.41. The van der Waals surface area contributed by atoms with E-state index in [-0.39, 0.29) is 17.9 Å². The van der Waals surface area contributed by atoms with Crippen molar-refractivity contribution in [1.29, 1.82) is 0 Å². The Balaban J connectivity index is 2.12. The Morgan fingerprint density at radius 1 is 1.09 bits per heavy atom. The van der Waals surface area contributed by atoms with E-state index in [9.17, 15) is 4.79 Å². The van der Waals surface area contributed by atoms with E-state index in [1.165, 1.54) is 16.7 Å². The number of rotatable bonds is 3. The summed E-state index contributed by atoms with van der Waals surface area (Å²) in [6.07, 6.45) is 0.557. The standard InChI is InChI=1S/C20H23NO2/c1-12(2)23-19-8-6-5-7-15(19)16-11-20(22)21-18-10-14(4)13(3)9-17(16)18/h5-10,12,16H,11H2,1-4H3,(H,21,22)/t16-/m0/s1. The molecule has 3 rings (SSSR count). The molecule has 0 saturated heterocycles. The molecule has 0 bridgehead atoms. The van der Waals surface area contributed by atoms with Crippen LogP contribution in [0.4, 0.5) is 5.69 Å². The number of para-hydroxylation sites is 1. The van der Waals surface area contributed by atoms with Crippen LogP contribution in [0, 0.1) is 13.8 Å². The van der Waals surface area contributed by atoms with Gasteiger partial charge in [0.1, 0.15) is 5.75 Å². The monoisotopic (exact) mass is 309 g/mol. The largest absolute Gasteiger partial charge is 0.491 e. The fourth-order valence-electron chi connectivity index (χ4n) is 3.14. The molecule has 1 aliphatic rings. The molecular formula is C20H23NO2. The zero-order valence-corrected chi connectivity index (χ0v) is 14.1. The molecule has 1 amide bonds. The maximum Gasteiger partial charge on any atom is 0.225 e. The Hall–Kier alpha value is -2.29. The highest BCUT2D eigenvalue weighted by molar-refractivity contribution is 5.95. The van der Waals surface area contributed by atoms with Crippen LogP contribution in [-0.4, -0.2) is 12.0 Å². The van der Waals surface area contributed by atoms with Gasteiger partial charge in [0.05, 0.1) is 6.10 Å². The Kier molecular flexibility index (Phi) is 4.12. The minimum atomic E-state index is 0.0352. The van der Waals surface area contributed by atoms with Crippen LogP contribution in [0.1, 0.15) is 48.4 Å². The van der Waals surface area contributed by atoms with E-state index in [1.807, 2.05) is 32.0 Å². The maximum absolute atomic E-state index is 12.2. The van der Waals surface area contributed by atoms with Crippen molar-refractivity contribution in [3.8, 4) is 5.75 Å². The molecule has 0 saturated carbocycles. The van der Waals surface area contributed by atoms with Gasteiger partial charge in [0.25, 0.3) is 0 Å². The van der Waals surface area contributed by atoms with Gasteiger partial charge in [-0.15, -0.1) is 0 Å². The number of benzene rings is 2. The Morgan fingerprint density at radius 2 is 1.78 bits per heavy atom. The van der Waals surface area contributed by atoms with Crippen LogP contribution in [0.2, 0.25) is 0 Å². The van der Waals surface area contributed by atoms with Crippen LogP contribution >= 0.6 is 0 Å². The molecule has 1 atom stereocenters. The van der Waals surface area contributed by atoms with E-state index >= 15 is 0 Å². The summed E-state index contributed by atoms with van der Waals surface area (Å²) in [5.74, 6) is 0.962. The molecule has 2 aromatic rings. The molecule has 3 nitrogen and oxygen atoms in total. The van der Waals surface area contributed by atoms with Gasteiger partial charge in [-0.3, -0.25) is 4.79 Å². The Labute approximate surface area is 137 Å². The lowest BCUT2D eigenvalue weighted by Crippen LogP contribution is -2.24. The summed E-state index contributed by atoms with van der Waals surface area (Å²) < 4.78 is 5.97. The second-order valence-corrected chi connectivity index (χ2v) is 6.53. The Bertz CT molecular complexity index is 749. The number of anilines is 1. The number of ether oxygens (including phenoxy) is 1. The molecule has 23 heavy (non-hydrogen) atoms. The highest BCUT2D eigenvalue weighted by Gasteiger charge is 2.29. The van der Waals surface area contributed by atoms with Crippen LogP contribution in [0.15, 0.2) is 36.4 Å². The first kappa shape index (κ1) is 15.6. The number of hydrogen-bond acceptors (Lipinski definition) is 2. The van der Waals surface area contributed by atoms with Gasteiger partial charge in [0.15, 0.2) is 0 Å². The number of nitrogens with one attached hydrogen (secondary N) is 1. The predicted octanol–water partition coefficient (Wildman–Crippen LogP) is 4.56. The summed E-state index contributed by atoms with van der Waals surface area (Å²) in [4.78, 5) is 12.2. The lowest BCUT2D eigenvalue weighted by molar-refractivity contribution is -0.116. The fraction of sp³-hybridized carbons (Fsp3) is 0.350. The van der Waals surface area contributed by atoms with Crippen molar-refractivity contribution in [3.63, 3.8) is 0 Å². The first-order chi connectivity index (χ1) is 11.0. The lowest BCUT2D eigenvalue weighted by atomic mass is 9.83. The van der Waals surface area contributed by atoms with Crippen molar-refractivity contribution in [2.24, 2.45) is 0 Å². The van der Waals surface area contributed by atoms with Gasteiger partial charge in [0.2, 0.25) is 5.91 Å². The van der Waals surface area contributed by atoms with E-state index in [2.05, 4.69) is 37.4 Å². The van der Waals surface area contributed by atoms with Gasteiger partial charge in [-0.2, -0.15) is 0 Å². The second-order valence-electron chi connectivity index (χ2n) is 6.53. The average Bonchev–Trinajstić information content (AvgIpc) is 2.48. The minimum Gasteiger partial charge on any atom is -0.491 e. The summed E-state index contributed by atoms with van der Waals surface area (Å²) in [6, 6.07) is 12.3. The zero-order chi connectivity index (χ0) is 16.6. The minimum absolute atomic E-state index is 0.0352. The van der Waals surface area contributed by atoms with Crippen molar-refractivity contribution in [2.45, 2.75) is 46.1 Å².